The van der Waals surface area contributed by atoms with Crippen LogP contribution in [0.25, 0.3) is 0 Å². The standard InChI is InChI=1S/C9H12N4O/c1-9(2,14-3)8-12-5-6(4-10)7(11)13-8/h5H,1-3H3,(H2,11,12,13). The fourth-order valence-electron chi connectivity index (χ4n) is 0.863. The molecule has 0 bridgehead atoms. The number of nitriles is 1. The van der Waals surface area contributed by atoms with Crippen molar-refractivity contribution in [3.63, 3.8) is 0 Å². The highest BCUT2D eigenvalue weighted by molar-refractivity contribution is 5.46. The third kappa shape index (κ3) is 1.80. The van der Waals surface area contributed by atoms with E-state index in [-0.39, 0.29) is 11.4 Å². The second kappa shape index (κ2) is 3.60. The van der Waals surface area contributed by atoms with Crippen LogP contribution in [0.5, 0.6) is 0 Å². The lowest BCUT2D eigenvalue weighted by Crippen LogP contribution is -2.23. The summed E-state index contributed by atoms with van der Waals surface area (Å²) in [7, 11) is 1.57. The summed E-state index contributed by atoms with van der Waals surface area (Å²) >= 11 is 0. The number of hydrogen-bond donors (Lipinski definition) is 1. The molecule has 2 N–H and O–H groups in total. The minimum Gasteiger partial charge on any atom is -0.382 e. The van der Waals surface area contributed by atoms with Gasteiger partial charge in [0.15, 0.2) is 5.82 Å². The summed E-state index contributed by atoms with van der Waals surface area (Å²) in [4.78, 5) is 8.02. The number of aromatic nitrogens is 2. The highest BCUT2D eigenvalue weighted by Gasteiger charge is 2.23. The van der Waals surface area contributed by atoms with Gasteiger partial charge in [-0.15, -0.1) is 0 Å². The first-order chi connectivity index (χ1) is 6.51. The molecule has 0 spiro atoms. The molecule has 0 radical (unpaired) electrons. The largest absolute Gasteiger partial charge is 0.382 e. The minimum absolute atomic E-state index is 0.183. The summed E-state index contributed by atoms with van der Waals surface area (Å²) < 4.78 is 5.19. The Morgan fingerprint density at radius 2 is 2.21 bits per heavy atom. The first-order valence-electron chi connectivity index (χ1n) is 4.09. The fraction of sp³-hybridized carbons (Fsp3) is 0.444. The number of ether oxygens (including phenoxy) is 1. The van der Waals surface area contributed by atoms with Gasteiger partial charge < -0.3 is 10.5 Å². The van der Waals surface area contributed by atoms with E-state index in [0.29, 0.717) is 5.82 Å². The molecule has 1 aromatic rings. The average molecular weight is 192 g/mol. The molecule has 1 rings (SSSR count). The Labute approximate surface area is 82.5 Å². The number of nitrogens with two attached hydrogens (primary N) is 1. The Kier molecular flexibility index (Phi) is 2.68. The zero-order valence-corrected chi connectivity index (χ0v) is 8.40. The Bertz CT molecular complexity index is 381. The molecular formula is C9H12N4O. The SMILES string of the molecule is COC(C)(C)c1ncc(C#N)c(N)n1. The van der Waals surface area contributed by atoms with Crippen LogP contribution in [0.1, 0.15) is 25.2 Å². The normalized spacial score (nSPS) is 11.0. The molecule has 0 atom stereocenters. The van der Waals surface area contributed by atoms with E-state index in [1.165, 1.54) is 6.20 Å². The summed E-state index contributed by atoms with van der Waals surface area (Å²) in [5, 5.41) is 8.63. The second-order valence-electron chi connectivity index (χ2n) is 3.32. The first kappa shape index (κ1) is 10.4. The van der Waals surface area contributed by atoms with E-state index in [0.717, 1.165) is 0 Å². The van der Waals surface area contributed by atoms with Gasteiger partial charge in [0.2, 0.25) is 0 Å². The van der Waals surface area contributed by atoms with Crippen LogP contribution < -0.4 is 5.73 Å². The molecule has 0 saturated heterocycles. The molecule has 0 aromatic carbocycles. The van der Waals surface area contributed by atoms with E-state index in [9.17, 15) is 0 Å². The summed E-state index contributed by atoms with van der Waals surface area (Å²) in [6, 6.07) is 1.90. The lowest BCUT2D eigenvalue weighted by atomic mass is 10.1. The van der Waals surface area contributed by atoms with Crippen LogP contribution in [0.15, 0.2) is 6.20 Å². The van der Waals surface area contributed by atoms with Crippen LogP contribution in [-0.2, 0) is 10.3 Å². The van der Waals surface area contributed by atoms with Crippen LogP contribution in [0, 0.1) is 11.3 Å². The van der Waals surface area contributed by atoms with Gasteiger partial charge in [-0.05, 0) is 13.8 Å². The van der Waals surface area contributed by atoms with Gasteiger partial charge in [-0.1, -0.05) is 0 Å². The van der Waals surface area contributed by atoms with Crippen LogP contribution in [0.2, 0.25) is 0 Å². The summed E-state index contributed by atoms with van der Waals surface area (Å²) in [6.45, 7) is 3.65. The molecule has 0 aliphatic heterocycles. The van der Waals surface area contributed by atoms with Crippen molar-refractivity contribution < 1.29 is 4.74 Å². The van der Waals surface area contributed by atoms with Crippen molar-refractivity contribution in [2.24, 2.45) is 0 Å². The lowest BCUT2D eigenvalue weighted by molar-refractivity contribution is 0.0116. The molecular weight excluding hydrogens is 180 g/mol. The number of hydrogen-bond acceptors (Lipinski definition) is 5. The highest BCUT2D eigenvalue weighted by atomic mass is 16.5. The Hall–Kier alpha value is -1.67. The van der Waals surface area contributed by atoms with Crippen molar-refractivity contribution in [1.82, 2.24) is 9.97 Å². The maximum atomic E-state index is 8.63. The summed E-state index contributed by atoms with van der Waals surface area (Å²) in [6.07, 6.45) is 1.40. The van der Waals surface area contributed by atoms with Gasteiger partial charge in [0.25, 0.3) is 0 Å². The summed E-state index contributed by atoms with van der Waals surface area (Å²) in [5.74, 6) is 0.652. The Balaban J connectivity index is 3.17. The second-order valence-corrected chi connectivity index (χ2v) is 3.32. The van der Waals surface area contributed by atoms with Gasteiger partial charge in [-0.2, -0.15) is 5.26 Å². The molecule has 1 aromatic heterocycles. The van der Waals surface area contributed by atoms with Gasteiger partial charge in [0.1, 0.15) is 23.1 Å². The minimum atomic E-state index is -0.595. The van der Waals surface area contributed by atoms with Crippen molar-refractivity contribution >= 4 is 5.82 Å². The van der Waals surface area contributed by atoms with Crippen molar-refractivity contribution in [1.29, 1.82) is 5.26 Å². The quantitative estimate of drug-likeness (QED) is 0.749. The van der Waals surface area contributed by atoms with Crippen LogP contribution >= 0.6 is 0 Å². The lowest BCUT2D eigenvalue weighted by Gasteiger charge is -2.20. The number of nitrogen functional groups attached to an aromatic ring is 1. The smallest absolute Gasteiger partial charge is 0.162 e. The fourth-order valence-corrected chi connectivity index (χ4v) is 0.863. The van der Waals surface area contributed by atoms with Crippen molar-refractivity contribution in [3.05, 3.63) is 17.6 Å². The molecule has 0 unspecified atom stereocenters. The van der Waals surface area contributed by atoms with E-state index in [1.807, 2.05) is 19.9 Å². The molecule has 0 aliphatic carbocycles. The van der Waals surface area contributed by atoms with E-state index >= 15 is 0 Å². The van der Waals surface area contributed by atoms with Gasteiger partial charge >= 0.3 is 0 Å². The molecule has 14 heavy (non-hydrogen) atoms. The number of methoxy groups -OCH3 is 1. The van der Waals surface area contributed by atoms with E-state index in [4.69, 9.17) is 15.7 Å². The van der Waals surface area contributed by atoms with E-state index < -0.39 is 5.60 Å². The molecule has 0 amide bonds. The van der Waals surface area contributed by atoms with Gasteiger partial charge in [-0.3, -0.25) is 0 Å². The molecule has 1 heterocycles. The summed E-state index contributed by atoms with van der Waals surface area (Å²) in [5.41, 5.74) is 5.24. The van der Waals surface area contributed by atoms with Gasteiger partial charge in [-0.25, -0.2) is 9.97 Å². The van der Waals surface area contributed by atoms with Crippen molar-refractivity contribution in [2.45, 2.75) is 19.4 Å². The molecule has 74 valence electrons. The monoisotopic (exact) mass is 192 g/mol. The predicted octanol–water partition coefficient (Wildman–Crippen LogP) is 0.812. The van der Waals surface area contributed by atoms with E-state index in [1.54, 1.807) is 7.11 Å². The van der Waals surface area contributed by atoms with E-state index in [2.05, 4.69) is 9.97 Å². The van der Waals surface area contributed by atoms with Crippen LogP contribution in [0.4, 0.5) is 5.82 Å². The maximum Gasteiger partial charge on any atom is 0.162 e. The van der Waals surface area contributed by atoms with Crippen molar-refractivity contribution in [3.8, 4) is 6.07 Å². The molecule has 5 nitrogen and oxygen atoms in total. The topological polar surface area (TPSA) is 84.8 Å². The molecule has 0 aliphatic rings. The first-order valence-corrected chi connectivity index (χ1v) is 4.09. The average Bonchev–Trinajstić information content (AvgIpc) is 2.17. The van der Waals surface area contributed by atoms with Gasteiger partial charge in [0.05, 0.1) is 6.20 Å². The number of anilines is 1. The zero-order chi connectivity index (χ0) is 10.8. The number of nitrogens with zero attached hydrogens (tertiary/aromatic N) is 3. The predicted molar refractivity (Wildman–Crippen MR) is 51.2 cm³/mol. The third-order valence-corrected chi connectivity index (χ3v) is 1.99. The zero-order valence-electron chi connectivity index (χ0n) is 8.40. The van der Waals surface area contributed by atoms with Crippen molar-refractivity contribution in [2.75, 3.05) is 12.8 Å². The van der Waals surface area contributed by atoms with Crippen LogP contribution in [-0.4, -0.2) is 17.1 Å². The maximum absolute atomic E-state index is 8.63. The highest BCUT2D eigenvalue weighted by Crippen LogP contribution is 2.20. The Morgan fingerprint density at radius 3 is 2.64 bits per heavy atom. The van der Waals surface area contributed by atoms with Crippen LogP contribution in [0.3, 0.4) is 0 Å². The number of rotatable bonds is 2. The molecule has 0 fully saturated rings. The molecule has 0 saturated carbocycles. The molecule has 5 heteroatoms. The third-order valence-electron chi connectivity index (χ3n) is 1.99. The Morgan fingerprint density at radius 1 is 1.57 bits per heavy atom. The van der Waals surface area contributed by atoms with Gasteiger partial charge in [0, 0.05) is 7.11 Å².